The highest BCUT2D eigenvalue weighted by molar-refractivity contribution is 14.1. The van der Waals surface area contributed by atoms with Gasteiger partial charge in [-0.3, -0.25) is 9.78 Å². The van der Waals surface area contributed by atoms with E-state index in [1.54, 1.807) is 36.5 Å². The summed E-state index contributed by atoms with van der Waals surface area (Å²) < 4.78 is 0.945. The van der Waals surface area contributed by atoms with E-state index in [4.69, 9.17) is 11.6 Å². The van der Waals surface area contributed by atoms with E-state index in [1.807, 2.05) is 18.2 Å². The van der Waals surface area contributed by atoms with E-state index in [1.165, 1.54) is 5.56 Å². The molecule has 0 bridgehead atoms. The van der Waals surface area contributed by atoms with Crippen molar-refractivity contribution in [3.63, 3.8) is 0 Å². The van der Waals surface area contributed by atoms with Crippen LogP contribution in [-0.4, -0.2) is 29.4 Å². The molecule has 0 fully saturated rings. The third-order valence-corrected chi connectivity index (χ3v) is 4.57. The SMILES string of the molecule is CN(CCc1ccncc1)C(=O)c1ccc(I)c(Cl)c1. The quantitative estimate of drug-likeness (QED) is 0.734. The highest BCUT2D eigenvalue weighted by atomic mass is 127. The predicted octanol–water partition coefficient (Wildman–Crippen LogP) is 3.65. The Hall–Kier alpha value is -1.14. The van der Waals surface area contributed by atoms with Gasteiger partial charge in [0, 0.05) is 35.1 Å². The maximum Gasteiger partial charge on any atom is 0.253 e. The Bertz CT molecular complexity index is 604. The lowest BCUT2D eigenvalue weighted by Gasteiger charge is -2.17. The second-order valence-corrected chi connectivity index (χ2v) is 6.03. The third kappa shape index (κ3) is 3.93. The molecule has 3 nitrogen and oxygen atoms in total. The van der Waals surface area contributed by atoms with Crippen LogP contribution in [0.25, 0.3) is 0 Å². The summed E-state index contributed by atoms with van der Waals surface area (Å²) in [6, 6.07) is 9.29. The molecule has 5 heteroatoms. The van der Waals surface area contributed by atoms with Crippen LogP contribution in [0.1, 0.15) is 15.9 Å². The molecule has 0 N–H and O–H groups in total. The zero-order valence-electron chi connectivity index (χ0n) is 11.0. The van der Waals surface area contributed by atoms with Crippen LogP contribution in [0.15, 0.2) is 42.7 Å². The van der Waals surface area contributed by atoms with Gasteiger partial charge < -0.3 is 4.90 Å². The average Bonchev–Trinajstić information content (AvgIpc) is 2.48. The van der Waals surface area contributed by atoms with Crippen molar-refractivity contribution in [2.45, 2.75) is 6.42 Å². The minimum Gasteiger partial charge on any atom is -0.341 e. The van der Waals surface area contributed by atoms with Crippen LogP contribution in [0.4, 0.5) is 0 Å². The normalized spacial score (nSPS) is 10.3. The number of aromatic nitrogens is 1. The second-order valence-electron chi connectivity index (χ2n) is 4.46. The van der Waals surface area contributed by atoms with Gasteiger partial charge in [-0.25, -0.2) is 0 Å². The van der Waals surface area contributed by atoms with Gasteiger partial charge in [-0.15, -0.1) is 0 Å². The summed E-state index contributed by atoms with van der Waals surface area (Å²) in [5, 5.41) is 0.610. The molecule has 0 saturated heterocycles. The van der Waals surface area contributed by atoms with Crippen molar-refractivity contribution in [2.75, 3.05) is 13.6 Å². The minimum atomic E-state index is -0.0163. The van der Waals surface area contributed by atoms with Crippen LogP contribution in [0.5, 0.6) is 0 Å². The number of pyridine rings is 1. The lowest BCUT2D eigenvalue weighted by Crippen LogP contribution is -2.28. The number of benzene rings is 1. The molecule has 104 valence electrons. The molecule has 2 rings (SSSR count). The Morgan fingerprint density at radius 1 is 1.30 bits per heavy atom. The fraction of sp³-hybridized carbons (Fsp3) is 0.200. The molecule has 0 aliphatic carbocycles. The molecular weight excluding hydrogens is 387 g/mol. The molecule has 1 heterocycles. The fourth-order valence-electron chi connectivity index (χ4n) is 1.80. The Labute approximate surface area is 137 Å². The monoisotopic (exact) mass is 400 g/mol. The van der Waals surface area contributed by atoms with Gasteiger partial charge in [0.1, 0.15) is 0 Å². The first-order valence-corrected chi connectivity index (χ1v) is 7.63. The Morgan fingerprint density at radius 3 is 2.65 bits per heavy atom. The second kappa shape index (κ2) is 7.04. The van der Waals surface area contributed by atoms with E-state index in [0.29, 0.717) is 17.1 Å². The van der Waals surface area contributed by atoms with Crippen molar-refractivity contribution in [3.8, 4) is 0 Å². The molecule has 0 unspecified atom stereocenters. The van der Waals surface area contributed by atoms with Crippen LogP contribution in [0.3, 0.4) is 0 Å². The highest BCUT2D eigenvalue weighted by Crippen LogP contribution is 2.20. The molecule has 0 aliphatic heterocycles. The molecule has 0 saturated carbocycles. The summed E-state index contributed by atoms with van der Waals surface area (Å²) in [7, 11) is 1.80. The third-order valence-electron chi connectivity index (χ3n) is 3.00. The zero-order chi connectivity index (χ0) is 14.5. The van der Waals surface area contributed by atoms with Gasteiger partial charge in [-0.2, -0.15) is 0 Å². The van der Waals surface area contributed by atoms with E-state index in [-0.39, 0.29) is 5.91 Å². The first kappa shape index (κ1) is 15.3. The van der Waals surface area contributed by atoms with E-state index >= 15 is 0 Å². The number of nitrogens with zero attached hydrogens (tertiary/aromatic N) is 2. The molecule has 0 atom stereocenters. The molecule has 0 spiro atoms. The number of rotatable bonds is 4. The number of hydrogen-bond acceptors (Lipinski definition) is 2. The Morgan fingerprint density at radius 2 is 2.00 bits per heavy atom. The molecule has 0 aliphatic rings. The lowest BCUT2D eigenvalue weighted by atomic mass is 10.1. The zero-order valence-corrected chi connectivity index (χ0v) is 13.9. The van der Waals surface area contributed by atoms with Gasteiger partial charge in [0.2, 0.25) is 0 Å². The van der Waals surface area contributed by atoms with Crippen molar-refractivity contribution in [1.82, 2.24) is 9.88 Å². The smallest absolute Gasteiger partial charge is 0.253 e. The maximum atomic E-state index is 12.3. The average molecular weight is 401 g/mol. The summed E-state index contributed by atoms with van der Waals surface area (Å²) in [4.78, 5) is 18.0. The molecule has 1 aromatic carbocycles. The summed E-state index contributed by atoms with van der Waals surface area (Å²) in [5.41, 5.74) is 1.79. The summed E-state index contributed by atoms with van der Waals surface area (Å²) in [6.45, 7) is 0.659. The van der Waals surface area contributed by atoms with E-state index in [0.717, 1.165) is 9.99 Å². The number of carbonyl (C=O) groups is 1. The maximum absolute atomic E-state index is 12.3. The Balaban J connectivity index is 1.99. The van der Waals surface area contributed by atoms with Crippen LogP contribution >= 0.6 is 34.2 Å². The molecule has 1 aromatic heterocycles. The van der Waals surface area contributed by atoms with Crippen molar-refractivity contribution in [3.05, 3.63) is 62.4 Å². The number of halogens is 2. The van der Waals surface area contributed by atoms with Gasteiger partial charge >= 0.3 is 0 Å². The lowest BCUT2D eigenvalue weighted by molar-refractivity contribution is 0.0796. The van der Waals surface area contributed by atoms with Crippen molar-refractivity contribution in [1.29, 1.82) is 0 Å². The first-order chi connectivity index (χ1) is 9.58. The van der Waals surface area contributed by atoms with Crippen LogP contribution < -0.4 is 0 Å². The van der Waals surface area contributed by atoms with Crippen LogP contribution in [0, 0.1) is 3.57 Å². The predicted molar refractivity (Wildman–Crippen MR) is 89.1 cm³/mol. The van der Waals surface area contributed by atoms with Gasteiger partial charge in [0.25, 0.3) is 5.91 Å². The number of amides is 1. The minimum absolute atomic E-state index is 0.0163. The first-order valence-electron chi connectivity index (χ1n) is 6.17. The van der Waals surface area contributed by atoms with Gasteiger partial charge in [-0.05, 0) is 64.9 Å². The van der Waals surface area contributed by atoms with E-state index < -0.39 is 0 Å². The van der Waals surface area contributed by atoms with Crippen molar-refractivity contribution < 1.29 is 4.79 Å². The van der Waals surface area contributed by atoms with Gasteiger partial charge in [0.15, 0.2) is 0 Å². The number of hydrogen-bond donors (Lipinski definition) is 0. The standard InChI is InChI=1S/C15H14ClIN2O/c1-19(9-6-11-4-7-18-8-5-11)15(20)12-2-3-14(17)13(16)10-12/h2-5,7-8,10H,6,9H2,1H3. The summed E-state index contributed by atoms with van der Waals surface area (Å²) >= 11 is 8.19. The molecule has 1 amide bonds. The summed E-state index contributed by atoms with van der Waals surface area (Å²) in [6.07, 6.45) is 4.33. The highest BCUT2D eigenvalue weighted by Gasteiger charge is 2.12. The van der Waals surface area contributed by atoms with Gasteiger partial charge in [-0.1, -0.05) is 11.6 Å². The van der Waals surface area contributed by atoms with Gasteiger partial charge in [0.05, 0.1) is 5.02 Å². The van der Waals surface area contributed by atoms with Crippen LogP contribution in [-0.2, 0) is 6.42 Å². The number of carbonyl (C=O) groups excluding carboxylic acids is 1. The molecule has 0 radical (unpaired) electrons. The fourth-order valence-corrected chi connectivity index (χ4v) is 2.31. The molecule has 2 aromatic rings. The van der Waals surface area contributed by atoms with Crippen LogP contribution in [0.2, 0.25) is 5.02 Å². The molecule has 20 heavy (non-hydrogen) atoms. The van der Waals surface area contributed by atoms with E-state index in [2.05, 4.69) is 27.6 Å². The topological polar surface area (TPSA) is 33.2 Å². The Kier molecular flexibility index (Phi) is 5.37. The summed E-state index contributed by atoms with van der Waals surface area (Å²) in [5.74, 6) is -0.0163. The largest absolute Gasteiger partial charge is 0.341 e. The van der Waals surface area contributed by atoms with E-state index in [9.17, 15) is 4.79 Å². The van der Waals surface area contributed by atoms with Crippen molar-refractivity contribution in [2.24, 2.45) is 0 Å². The van der Waals surface area contributed by atoms with Crippen molar-refractivity contribution >= 4 is 40.1 Å². The number of likely N-dealkylation sites (N-methyl/N-ethyl adjacent to an activating group) is 1. The molecular formula is C15H14ClIN2O.